The molecule has 6 nitrogen and oxygen atoms in total. The van der Waals surface area contributed by atoms with E-state index in [1.807, 2.05) is 17.5 Å². The Bertz CT molecular complexity index is 1000. The average Bonchev–Trinajstić information content (AvgIpc) is 3.32. The molecule has 1 saturated heterocycles. The highest BCUT2D eigenvalue weighted by Crippen LogP contribution is 2.29. The Hall–Kier alpha value is -2.03. The molecule has 2 atom stereocenters. The average molecular weight is 404 g/mol. The first-order chi connectivity index (χ1) is 12.9. The molecule has 8 heteroatoms. The molecule has 3 heterocycles. The minimum absolute atomic E-state index is 0.297. The summed E-state index contributed by atoms with van der Waals surface area (Å²) in [6, 6.07) is 10.5. The van der Waals surface area contributed by atoms with Crippen LogP contribution in [0.4, 0.5) is 0 Å². The standard InChI is InChI=1S/C19H21N3O3S2/c1-13-10-14(2)12-22(11-13)27(23,24)16-7-5-15(6-8-16)18-20-21-19(25-18)17-4-3-9-26-17/h3-9,13-14H,10-12H2,1-2H3/t13-,14+. The van der Waals surface area contributed by atoms with Crippen LogP contribution in [0.2, 0.25) is 0 Å². The van der Waals surface area contributed by atoms with Crippen LogP contribution in [0, 0.1) is 11.8 Å². The van der Waals surface area contributed by atoms with E-state index in [1.165, 1.54) is 11.3 Å². The van der Waals surface area contributed by atoms with Crippen molar-refractivity contribution in [2.24, 2.45) is 11.8 Å². The molecule has 0 bridgehead atoms. The second kappa shape index (κ2) is 7.18. The summed E-state index contributed by atoms with van der Waals surface area (Å²) in [5.41, 5.74) is 0.699. The molecule has 1 fully saturated rings. The lowest BCUT2D eigenvalue weighted by atomic mass is 9.94. The molecule has 0 spiro atoms. The Kier molecular flexibility index (Phi) is 4.88. The van der Waals surface area contributed by atoms with Gasteiger partial charge in [0.05, 0.1) is 9.77 Å². The molecule has 0 radical (unpaired) electrons. The number of aromatic nitrogens is 2. The molecule has 0 N–H and O–H groups in total. The van der Waals surface area contributed by atoms with Crippen molar-refractivity contribution >= 4 is 21.4 Å². The van der Waals surface area contributed by atoms with Crippen LogP contribution >= 0.6 is 11.3 Å². The molecule has 4 rings (SSSR count). The summed E-state index contributed by atoms with van der Waals surface area (Å²) in [4.78, 5) is 1.20. The van der Waals surface area contributed by atoms with Gasteiger partial charge < -0.3 is 4.42 Å². The number of hydrogen-bond donors (Lipinski definition) is 0. The van der Waals surface area contributed by atoms with E-state index < -0.39 is 10.0 Å². The third-order valence-electron chi connectivity index (χ3n) is 4.73. The summed E-state index contributed by atoms with van der Waals surface area (Å²) >= 11 is 1.53. The Morgan fingerprint density at radius 1 is 1.04 bits per heavy atom. The van der Waals surface area contributed by atoms with Crippen LogP contribution in [0.5, 0.6) is 0 Å². The van der Waals surface area contributed by atoms with Gasteiger partial charge in [0.25, 0.3) is 5.89 Å². The van der Waals surface area contributed by atoms with E-state index in [4.69, 9.17) is 4.42 Å². The van der Waals surface area contributed by atoms with E-state index in [9.17, 15) is 8.42 Å². The zero-order valence-electron chi connectivity index (χ0n) is 15.2. The van der Waals surface area contributed by atoms with Crippen LogP contribution < -0.4 is 0 Å². The number of sulfonamides is 1. The number of nitrogens with zero attached hydrogens (tertiary/aromatic N) is 3. The molecule has 0 unspecified atom stereocenters. The Morgan fingerprint density at radius 2 is 1.70 bits per heavy atom. The Labute approximate surface area is 162 Å². The minimum atomic E-state index is -3.49. The quantitative estimate of drug-likeness (QED) is 0.655. The fourth-order valence-electron chi connectivity index (χ4n) is 3.56. The second-order valence-corrected chi connectivity index (χ2v) is 10.1. The number of rotatable bonds is 4. The lowest BCUT2D eigenvalue weighted by molar-refractivity contribution is 0.222. The fraction of sp³-hybridized carbons (Fsp3) is 0.368. The van der Waals surface area contributed by atoms with Crippen LogP contribution in [0.3, 0.4) is 0 Å². The van der Waals surface area contributed by atoms with Crippen LogP contribution in [-0.2, 0) is 10.0 Å². The number of hydrogen-bond acceptors (Lipinski definition) is 6. The third-order valence-corrected chi connectivity index (χ3v) is 7.44. The van der Waals surface area contributed by atoms with Gasteiger partial charge in [-0.25, -0.2) is 8.42 Å². The maximum atomic E-state index is 13.0. The van der Waals surface area contributed by atoms with E-state index in [0.29, 0.717) is 47.2 Å². The molecule has 142 valence electrons. The SMILES string of the molecule is C[C@@H]1C[C@H](C)CN(S(=O)(=O)c2ccc(-c3nnc(-c4cccs4)o3)cc2)C1. The van der Waals surface area contributed by atoms with Gasteiger partial charge in [-0.05, 0) is 54.0 Å². The fourth-order valence-corrected chi connectivity index (χ4v) is 5.88. The second-order valence-electron chi connectivity index (χ2n) is 7.18. The molecule has 1 aliphatic rings. The maximum Gasteiger partial charge on any atom is 0.258 e. The molecule has 1 aromatic carbocycles. The van der Waals surface area contributed by atoms with Crippen molar-refractivity contribution in [3.8, 4) is 22.2 Å². The number of benzene rings is 1. The van der Waals surface area contributed by atoms with Crippen molar-refractivity contribution in [1.82, 2.24) is 14.5 Å². The number of thiophene rings is 1. The summed E-state index contributed by atoms with van der Waals surface area (Å²) in [5, 5.41) is 10.1. The molecule has 0 saturated carbocycles. The van der Waals surface area contributed by atoms with Crippen LogP contribution in [-0.4, -0.2) is 36.0 Å². The van der Waals surface area contributed by atoms with E-state index >= 15 is 0 Å². The highest BCUT2D eigenvalue weighted by atomic mass is 32.2. The summed E-state index contributed by atoms with van der Waals surface area (Å²) < 4.78 is 33.2. The van der Waals surface area contributed by atoms with Crippen molar-refractivity contribution in [3.63, 3.8) is 0 Å². The zero-order valence-corrected chi connectivity index (χ0v) is 16.8. The van der Waals surface area contributed by atoms with Crippen LogP contribution in [0.25, 0.3) is 22.2 Å². The van der Waals surface area contributed by atoms with E-state index in [-0.39, 0.29) is 0 Å². The monoisotopic (exact) mass is 403 g/mol. The normalized spacial score (nSPS) is 21.4. The molecular weight excluding hydrogens is 382 g/mol. The molecule has 2 aromatic heterocycles. The Morgan fingerprint density at radius 3 is 2.33 bits per heavy atom. The summed E-state index contributed by atoms with van der Waals surface area (Å²) in [6.45, 7) is 5.34. The van der Waals surface area contributed by atoms with Gasteiger partial charge in [0.1, 0.15) is 0 Å². The molecule has 0 amide bonds. The zero-order chi connectivity index (χ0) is 19.0. The largest absolute Gasteiger partial charge is 0.415 e. The van der Waals surface area contributed by atoms with Crippen molar-refractivity contribution in [2.75, 3.05) is 13.1 Å². The van der Waals surface area contributed by atoms with Gasteiger partial charge in [-0.1, -0.05) is 19.9 Å². The lowest BCUT2D eigenvalue weighted by Gasteiger charge is -2.34. The van der Waals surface area contributed by atoms with Gasteiger partial charge in [0.15, 0.2) is 0 Å². The smallest absolute Gasteiger partial charge is 0.258 e. The molecule has 0 aliphatic carbocycles. The molecule has 3 aromatic rings. The minimum Gasteiger partial charge on any atom is -0.415 e. The first-order valence-corrected chi connectivity index (χ1v) is 11.2. The number of piperidine rings is 1. The van der Waals surface area contributed by atoms with Crippen LogP contribution in [0.15, 0.2) is 51.1 Å². The first kappa shape index (κ1) is 18.3. The third kappa shape index (κ3) is 3.69. The van der Waals surface area contributed by atoms with Gasteiger partial charge in [-0.3, -0.25) is 0 Å². The lowest BCUT2D eigenvalue weighted by Crippen LogP contribution is -2.42. The predicted molar refractivity (Wildman–Crippen MR) is 105 cm³/mol. The highest BCUT2D eigenvalue weighted by molar-refractivity contribution is 7.89. The summed E-state index contributed by atoms with van der Waals surface area (Å²) in [6.07, 6.45) is 1.06. The topological polar surface area (TPSA) is 76.3 Å². The van der Waals surface area contributed by atoms with Gasteiger partial charge in [0.2, 0.25) is 15.9 Å². The van der Waals surface area contributed by atoms with Crippen molar-refractivity contribution < 1.29 is 12.8 Å². The molecule has 1 aliphatic heterocycles. The van der Waals surface area contributed by atoms with Crippen LogP contribution in [0.1, 0.15) is 20.3 Å². The van der Waals surface area contributed by atoms with Crippen molar-refractivity contribution in [3.05, 3.63) is 41.8 Å². The summed E-state index contributed by atoms with van der Waals surface area (Å²) in [5.74, 6) is 1.59. The van der Waals surface area contributed by atoms with E-state index in [0.717, 1.165) is 11.3 Å². The van der Waals surface area contributed by atoms with Gasteiger partial charge in [-0.2, -0.15) is 4.31 Å². The summed E-state index contributed by atoms with van der Waals surface area (Å²) in [7, 11) is -3.49. The maximum absolute atomic E-state index is 13.0. The van der Waals surface area contributed by atoms with E-state index in [2.05, 4.69) is 24.0 Å². The van der Waals surface area contributed by atoms with E-state index in [1.54, 1.807) is 28.6 Å². The molecular formula is C19H21N3O3S2. The van der Waals surface area contributed by atoms with Gasteiger partial charge in [0, 0.05) is 18.7 Å². The Balaban J connectivity index is 1.57. The van der Waals surface area contributed by atoms with Crippen molar-refractivity contribution in [2.45, 2.75) is 25.2 Å². The highest BCUT2D eigenvalue weighted by Gasteiger charge is 2.31. The first-order valence-electron chi connectivity index (χ1n) is 8.91. The predicted octanol–water partition coefficient (Wildman–Crippen LogP) is 4.13. The van der Waals surface area contributed by atoms with Crippen molar-refractivity contribution in [1.29, 1.82) is 0 Å². The van der Waals surface area contributed by atoms with Gasteiger partial charge in [-0.15, -0.1) is 21.5 Å². The molecule has 27 heavy (non-hydrogen) atoms. The van der Waals surface area contributed by atoms with Gasteiger partial charge >= 0.3 is 0 Å².